The summed E-state index contributed by atoms with van der Waals surface area (Å²) in [4.78, 5) is 27.7. The first kappa shape index (κ1) is 26.3. The summed E-state index contributed by atoms with van der Waals surface area (Å²) in [5, 5.41) is 9.40. The summed E-state index contributed by atoms with van der Waals surface area (Å²) in [5.74, 6) is -1.73. The number of guanidine groups is 1. The SMILES string of the molecule is NC(N)=Nc1ccc(C(=O)Oc2ccc(CNS(=O)(=O)NC(Cc3ccccc3)C(=O)O)cc2)cc1. The third-order valence-corrected chi connectivity index (χ3v) is 5.96. The fraction of sp³-hybridized carbons (Fsp3) is 0.125. The van der Waals surface area contributed by atoms with Crippen LogP contribution in [0.25, 0.3) is 0 Å². The number of carbonyl (C=O) groups excluding carboxylic acids is 1. The first-order valence-corrected chi connectivity index (χ1v) is 12.1. The largest absolute Gasteiger partial charge is 0.480 e. The Morgan fingerprint density at radius 1 is 0.917 bits per heavy atom. The van der Waals surface area contributed by atoms with E-state index in [-0.39, 0.29) is 30.2 Å². The Bertz CT molecular complexity index is 1320. The molecule has 36 heavy (non-hydrogen) atoms. The number of aliphatic carboxylic acids is 1. The van der Waals surface area contributed by atoms with Crippen molar-refractivity contribution in [3.63, 3.8) is 0 Å². The number of esters is 1. The van der Waals surface area contributed by atoms with Gasteiger partial charge in [-0.2, -0.15) is 17.9 Å². The monoisotopic (exact) mass is 511 g/mol. The molecule has 0 aromatic heterocycles. The number of nitrogens with one attached hydrogen (secondary N) is 2. The molecule has 3 aromatic rings. The molecule has 12 heteroatoms. The summed E-state index contributed by atoms with van der Waals surface area (Å²) in [6.07, 6.45) is -0.00579. The number of nitrogens with zero attached hydrogens (tertiary/aromatic N) is 1. The molecule has 188 valence electrons. The molecule has 0 aliphatic carbocycles. The van der Waals surface area contributed by atoms with Crippen molar-refractivity contribution < 1.29 is 27.9 Å². The van der Waals surface area contributed by atoms with E-state index in [0.29, 0.717) is 16.8 Å². The van der Waals surface area contributed by atoms with Gasteiger partial charge < -0.3 is 21.3 Å². The van der Waals surface area contributed by atoms with Crippen molar-refractivity contribution in [2.45, 2.75) is 19.0 Å². The molecule has 0 heterocycles. The lowest BCUT2D eigenvalue weighted by molar-refractivity contribution is -0.138. The number of rotatable bonds is 11. The fourth-order valence-corrected chi connectivity index (χ4v) is 4.10. The van der Waals surface area contributed by atoms with Gasteiger partial charge in [-0.1, -0.05) is 42.5 Å². The van der Waals surface area contributed by atoms with Crippen LogP contribution in [-0.4, -0.2) is 37.5 Å². The van der Waals surface area contributed by atoms with Gasteiger partial charge in [0.2, 0.25) is 0 Å². The molecule has 11 nitrogen and oxygen atoms in total. The number of aliphatic imine (C=N–C) groups is 1. The summed E-state index contributed by atoms with van der Waals surface area (Å²) < 4.78 is 34.6. The first-order chi connectivity index (χ1) is 17.1. The van der Waals surface area contributed by atoms with E-state index >= 15 is 0 Å². The second kappa shape index (κ2) is 11.9. The quantitative estimate of drug-likeness (QED) is 0.111. The van der Waals surface area contributed by atoms with E-state index in [1.165, 1.54) is 24.3 Å². The second-order valence-corrected chi connectivity index (χ2v) is 9.17. The van der Waals surface area contributed by atoms with Crippen molar-refractivity contribution in [1.82, 2.24) is 9.44 Å². The van der Waals surface area contributed by atoms with Gasteiger partial charge in [0, 0.05) is 6.54 Å². The topological polar surface area (TPSA) is 186 Å². The minimum atomic E-state index is -4.11. The lowest BCUT2D eigenvalue weighted by Crippen LogP contribution is -2.47. The Balaban J connectivity index is 1.54. The van der Waals surface area contributed by atoms with E-state index in [2.05, 4.69) is 14.4 Å². The van der Waals surface area contributed by atoms with Crippen LogP contribution >= 0.6 is 0 Å². The molecule has 1 atom stereocenters. The predicted molar refractivity (Wildman–Crippen MR) is 134 cm³/mol. The molecule has 0 saturated carbocycles. The van der Waals surface area contributed by atoms with E-state index in [0.717, 1.165) is 0 Å². The van der Waals surface area contributed by atoms with Gasteiger partial charge in [0.15, 0.2) is 5.96 Å². The van der Waals surface area contributed by atoms with Gasteiger partial charge in [0.25, 0.3) is 10.2 Å². The van der Waals surface area contributed by atoms with Crippen LogP contribution in [0, 0.1) is 0 Å². The highest BCUT2D eigenvalue weighted by Crippen LogP contribution is 2.17. The van der Waals surface area contributed by atoms with Gasteiger partial charge in [0.1, 0.15) is 11.8 Å². The molecule has 0 radical (unpaired) electrons. The van der Waals surface area contributed by atoms with Crippen LogP contribution in [-0.2, 0) is 28.0 Å². The van der Waals surface area contributed by atoms with Gasteiger partial charge in [-0.15, -0.1) is 0 Å². The minimum Gasteiger partial charge on any atom is -0.480 e. The molecule has 0 bridgehead atoms. The normalized spacial score (nSPS) is 11.9. The van der Waals surface area contributed by atoms with E-state index in [1.807, 2.05) is 0 Å². The molecule has 3 rings (SSSR count). The van der Waals surface area contributed by atoms with Gasteiger partial charge in [-0.25, -0.2) is 9.79 Å². The third kappa shape index (κ3) is 8.20. The minimum absolute atomic E-state index is 0.00579. The van der Waals surface area contributed by atoms with E-state index in [9.17, 15) is 23.1 Å². The maximum atomic E-state index is 12.4. The Hall–Kier alpha value is -4.26. The van der Waals surface area contributed by atoms with Crippen LogP contribution in [0.5, 0.6) is 5.75 Å². The molecule has 1 unspecified atom stereocenters. The van der Waals surface area contributed by atoms with Crippen molar-refractivity contribution in [1.29, 1.82) is 0 Å². The zero-order chi connectivity index (χ0) is 26.1. The predicted octanol–water partition coefficient (Wildman–Crippen LogP) is 1.43. The average molecular weight is 512 g/mol. The Morgan fingerprint density at radius 3 is 2.14 bits per heavy atom. The number of benzene rings is 3. The van der Waals surface area contributed by atoms with Crippen LogP contribution < -0.4 is 25.6 Å². The lowest BCUT2D eigenvalue weighted by atomic mass is 10.1. The Morgan fingerprint density at radius 2 is 1.56 bits per heavy atom. The smallest absolute Gasteiger partial charge is 0.343 e. The van der Waals surface area contributed by atoms with Crippen molar-refractivity contribution in [2.24, 2.45) is 16.5 Å². The van der Waals surface area contributed by atoms with Crippen molar-refractivity contribution >= 4 is 33.8 Å². The molecular weight excluding hydrogens is 486 g/mol. The third-order valence-electron chi connectivity index (χ3n) is 4.84. The molecule has 7 N–H and O–H groups in total. The number of hydrogen-bond acceptors (Lipinski definition) is 6. The van der Waals surface area contributed by atoms with Crippen molar-refractivity contribution in [3.05, 3.63) is 95.6 Å². The summed E-state index contributed by atoms with van der Waals surface area (Å²) in [7, 11) is -4.11. The molecule has 0 saturated heterocycles. The average Bonchev–Trinajstić information content (AvgIpc) is 2.84. The molecule has 0 amide bonds. The maximum absolute atomic E-state index is 12.4. The maximum Gasteiger partial charge on any atom is 0.343 e. The summed E-state index contributed by atoms with van der Waals surface area (Å²) >= 11 is 0. The number of nitrogens with two attached hydrogens (primary N) is 2. The zero-order valence-electron chi connectivity index (χ0n) is 19.0. The highest BCUT2D eigenvalue weighted by Gasteiger charge is 2.24. The van der Waals surface area contributed by atoms with Crippen molar-refractivity contribution in [3.8, 4) is 5.75 Å². The number of ether oxygens (including phenoxy) is 1. The molecular formula is C24H25N5O6S. The molecule has 3 aromatic carbocycles. The Labute approximate surface area is 208 Å². The molecule has 0 spiro atoms. The molecule has 0 fully saturated rings. The van der Waals surface area contributed by atoms with Gasteiger partial charge in [-0.3, -0.25) is 4.79 Å². The fourth-order valence-electron chi connectivity index (χ4n) is 3.10. The highest BCUT2D eigenvalue weighted by atomic mass is 32.2. The van der Waals surface area contributed by atoms with E-state index < -0.39 is 28.2 Å². The van der Waals surface area contributed by atoms with Crippen LogP contribution in [0.2, 0.25) is 0 Å². The molecule has 0 aliphatic rings. The summed E-state index contributed by atoms with van der Waals surface area (Å²) in [6, 6.07) is 19.7. The number of carboxylic acids is 1. The highest BCUT2D eigenvalue weighted by molar-refractivity contribution is 7.87. The zero-order valence-corrected chi connectivity index (χ0v) is 19.8. The second-order valence-electron chi connectivity index (χ2n) is 7.64. The van der Waals surface area contributed by atoms with Gasteiger partial charge in [-0.05, 0) is 53.9 Å². The van der Waals surface area contributed by atoms with Crippen molar-refractivity contribution in [2.75, 3.05) is 0 Å². The standard InChI is InChI=1S/C24H25N5O6S/c25-24(26)28-19-10-8-18(9-11-19)23(32)35-20-12-6-17(7-13-20)15-27-36(33,34)29-21(22(30)31)14-16-4-2-1-3-5-16/h1-13,21,27,29H,14-15H2,(H,30,31)(H4,25,26,28). The summed E-state index contributed by atoms with van der Waals surface area (Å²) in [5.41, 5.74) is 12.7. The number of carboxylic acid groups (broad SMARTS) is 1. The Kier molecular flexibility index (Phi) is 8.73. The number of carbonyl (C=O) groups is 2. The van der Waals surface area contributed by atoms with Gasteiger partial charge >= 0.3 is 11.9 Å². The van der Waals surface area contributed by atoms with Crippen LogP contribution in [0.1, 0.15) is 21.5 Å². The van der Waals surface area contributed by atoms with E-state index in [1.54, 1.807) is 54.6 Å². The van der Waals surface area contributed by atoms with Crippen LogP contribution in [0.4, 0.5) is 5.69 Å². The van der Waals surface area contributed by atoms with E-state index in [4.69, 9.17) is 16.2 Å². The van der Waals surface area contributed by atoms with Crippen LogP contribution in [0.3, 0.4) is 0 Å². The first-order valence-electron chi connectivity index (χ1n) is 10.7. The van der Waals surface area contributed by atoms with Gasteiger partial charge in [0.05, 0.1) is 11.3 Å². The number of hydrogen-bond donors (Lipinski definition) is 5. The van der Waals surface area contributed by atoms with Crippen LogP contribution in [0.15, 0.2) is 83.9 Å². The lowest BCUT2D eigenvalue weighted by Gasteiger charge is -2.15. The summed E-state index contributed by atoms with van der Waals surface area (Å²) in [6.45, 7) is -0.104. The molecule has 0 aliphatic heterocycles.